The minimum atomic E-state index is 0.709. The van der Waals surface area contributed by atoms with E-state index in [1.807, 2.05) is 36.5 Å². The third-order valence-electron chi connectivity index (χ3n) is 4.48. The number of rotatable bonds is 4. The smallest absolute Gasteiger partial charge is 0.121 e. The normalized spacial score (nSPS) is 14.1. The minimum Gasteiger partial charge on any atom is -0.496 e. The maximum absolute atomic E-state index is 6.08. The molecule has 0 radical (unpaired) electrons. The molecule has 1 N–H and O–H groups in total. The highest BCUT2D eigenvalue weighted by atomic mass is 35.5. The van der Waals surface area contributed by atoms with E-state index < -0.39 is 0 Å². The lowest BCUT2D eigenvalue weighted by molar-refractivity contribution is 0.411. The van der Waals surface area contributed by atoms with Crippen LogP contribution in [0.4, 0.5) is 5.69 Å². The molecule has 1 aliphatic heterocycles. The molecule has 0 atom stereocenters. The molecular weight excluding hydrogens is 344 g/mol. The molecule has 26 heavy (non-hydrogen) atoms. The van der Waals surface area contributed by atoms with Crippen molar-refractivity contribution in [3.63, 3.8) is 0 Å². The summed E-state index contributed by atoms with van der Waals surface area (Å²) in [4.78, 5) is 4.59. The summed E-state index contributed by atoms with van der Waals surface area (Å²) in [7, 11) is 1.70. The van der Waals surface area contributed by atoms with Crippen molar-refractivity contribution in [1.82, 2.24) is 0 Å². The number of benzene rings is 2. The molecule has 0 unspecified atom stereocenters. The summed E-state index contributed by atoms with van der Waals surface area (Å²) in [6.07, 6.45) is 5.69. The number of hydrogen-bond acceptors (Lipinski definition) is 3. The van der Waals surface area contributed by atoms with E-state index in [0.717, 1.165) is 35.7 Å². The first-order valence-electron chi connectivity index (χ1n) is 8.73. The van der Waals surface area contributed by atoms with Gasteiger partial charge in [-0.05, 0) is 66.5 Å². The number of amidine groups is 1. The van der Waals surface area contributed by atoms with Gasteiger partial charge in [-0.25, -0.2) is 4.99 Å². The van der Waals surface area contributed by atoms with E-state index in [9.17, 15) is 0 Å². The van der Waals surface area contributed by atoms with Crippen LogP contribution in [0.3, 0.4) is 0 Å². The summed E-state index contributed by atoms with van der Waals surface area (Å²) in [5.74, 6) is 1.82. The summed E-state index contributed by atoms with van der Waals surface area (Å²) in [6, 6.07) is 14.0. The number of anilines is 1. The van der Waals surface area contributed by atoms with E-state index in [4.69, 9.17) is 16.3 Å². The van der Waals surface area contributed by atoms with Crippen LogP contribution in [0.25, 0.3) is 5.57 Å². The van der Waals surface area contributed by atoms with Gasteiger partial charge in [0, 0.05) is 23.3 Å². The van der Waals surface area contributed by atoms with Crippen molar-refractivity contribution in [1.29, 1.82) is 0 Å². The van der Waals surface area contributed by atoms with E-state index in [2.05, 4.69) is 42.4 Å². The van der Waals surface area contributed by atoms with Gasteiger partial charge in [0.1, 0.15) is 11.6 Å². The predicted molar refractivity (Wildman–Crippen MR) is 111 cm³/mol. The summed E-state index contributed by atoms with van der Waals surface area (Å²) >= 11 is 6.08. The van der Waals surface area contributed by atoms with Crippen LogP contribution < -0.4 is 10.1 Å². The Morgan fingerprint density at radius 2 is 2.04 bits per heavy atom. The van der Waals surface area contributed by atoms with Gasteiger partial charge in [-0.2, -0.15) is 0 Å². The van der Waals surface area contributed by atoms with Crippen LogP contribution in [-0.4, -0.2) is 12.9 Å². The summed E-state index contributed by atoms with van der Waals surface area (Å²) < 4.78 is 5.38. The fourth-order valence-electron chi connectivity index (χ4n) is 3.13. The quantitative estimate of drug-likeness (QED) is 0.693. The first kappa shape index (κ1) is 18.3. The van der Waals surface area contributed by atoms with Gasteiger partial charge in [0.05, 0.1) is 7.11 Å². The topological polar surface area (TPSA) is 33.6 Å². The summed E-state index contributed by atoms with van der Waals surface area (Å²) in [5.41, 5.74) is 5.84. The Morgan fingerprint density at radius 3 is 2.73 bits per heavy atom. The second-order valence-electron chi connectivity index (χ2n) is 6.26. The number of methoxy groups -OCH3 is 1. The SMILES string of the molecule is CCC1=C(c2ccc(OC)c(C)c2)C=CN=C(Nc2cccc(Cl)c2)C1. The number of nitrogens with zero attached hydrogens (tertiary/aromatic N) is 1. The Labute approximate surface area is 160 Å². The molecule has 0 spiro atoms. The van der Waals surface area contributed by atoms with Gasteiger partial charge in [-0.15, -0.1) is 0 Å². The highest BCUT2D eigenvalue weighted by molar-refractivity contribution is 6.30. The predicted octanol–water partition coefficient (Wildman–Crippen LogP) is 6.25. The number of allylic oxidation sites excluding steroid dienone is 2. The molecule has 2 aromatic rings. The van der Waals surface area contributed by atoms with Crippen LogP contribution >= 0.6 is 11.6 Å². The maximum Gasteiger partial charge on any atom is 0.121 e. The highest BCUT2D eigenvalue weighted by Crippen LogP contribution is 2.30. The number of aliphatic imine (C=N–C) groups is 1. The molecule has 0 fully saturated rings. The van der Waals surface area contributed by atoms with E-state index >= 15 is 0 Å². The van der Waals surface area contributed by atoms with Crippen LogP contribution in [0.1, 0.15) is 30.9 Å². The van der Waals surface area contributed by atoms with Crippen molar-refractivity contribution in [2.75, 3.05) is 12.4 Å². The Balaban J connectivity index is 1.88. The summed E-state index contributed by atoms with van der Waals surface area (Å²) in [6.45, 7) is 4.25. The second kappa shape index (κ2) is 8.24. The zero-order chi connectivity index (χ0) is 18.5. The Bertz CT molecular complexity index is 897. The lowest BCUT2D eigenvalue weighted by Gasteiger charge is -2.14. The molecule has 3 rings (SSSR count). The standard InChI is InChI=1S/C22H23ClN2O/c1-4-16-13-22(25-19-7-5-6-18(23)14-19)24-11-10-20(16)17-8-9-21(26-3)15(2)12-17/h5-12,14H,4,13H2,1-3H3,(H,24,25). The van der Waals surface area contributed by atoms with Gasteiger partial charge in [0.25, 0.3) is 0 Å². The molecule has 0 saturated carbocycles. The third-order valence-corrected chi connectivity index (χ3v) is 4.71. The monoisotopic (exact) mass is 366 g/mol. The van der Waals surface area contributed by atoms with Crippen molar-refractivity contribution >= 4 is 28.7 Å². The second-order valence-corrected chi connectivity index (χ2v) is 6.70. The average molecular weight is 367 g/mol. The van der Waals surface area contributed by atoms with Gasteiger partial charge in [-0.3, -0.25) is 0 Å². The van der Waals surface area contributed by atoms with Crippen molar-refractivity contribution in [3.8, 4) is 5.75 Å². The third kappa shape index (κ3) is 4.17. The van der Waals surface area contributed by atoms with Gasteiger partial charge < -0.3 is 10.1 Å². The molecule has 3 nitrogen and oxygen atoms in total. The number of nitrogens with one attached hydrogen (secondary N) is 1. The first-order valence-corrected chi connectivity index (χ1v) is 9.11. The number of hydrogen-bond donors (Lipinski definition) is 1. The van der Waals surface area contributed by atoms with E-state index in [1.165, 1.54) is 16.7 Å². The van der Waals surface area contributed by atoms with Crippen molar-refractivity contribution in [2.45, 2.75) is 26.7 Å². The van der Waals surface area contributed by atoms with Gasteiger partial charge in [0.15, 0.2) is 0 Å². The van der Waals surface area contributed by atoms with Crippen molar-refractivity contribution in [2.24, 2.45) is 4.99 Å². The average Bonchev–Trinajstić information content (AvgIpc) is 2.83. The van der Waals surface area contributed by atoms with Crippen molar-refractivity contribution < 1.29 is 4.74 Å². The van der Waals surface area contributed by atoms with Crippen LogP contribution in [0, 0.1) is 6.92 Å². The van der Waals surface area contributed by atoms with Crippen LogP contribution in [-0.2, 0) is 0 Å². The first-order chi connectivity index (χ1) is 12.6. The van der Waals surface area contributed by atoms with E-state index in [-0.39, 0.29) is 0 Å². The Morgan fingerprint density at radius 1 is 1.19 bits per heavy atom. The zero-order valence-corrected chi connectivity index (χ0v) is 16.1. The van der Waals surface area contributed by atoms with Crippen molar-refractivity contribution in [3.05, 3.63) is 76.5 Å². The number of halogens is 1. The molecule has 0 aromatic heterocycles. The molecule has 1 aliphatic rings. The molecule has 0 aliphatic carbocycles. The maximum atomic E-state index is 6.08. The number of ether oxygens (including phenoxy) is 1. The summed E-state index contributed by atoms with van der Waals surface area (Å²) in [5, 5.41) is 4.10. The molecule has 0 amide bonds. The fraction of sp³-hybridized carbons (Fsp3) is 0.227. The number of aryl methyl sites for hydroxylation is 1. The highest BCUT2D eigenvalue weighted by Gasteiger charge is 2.13. The lowest BCUT2D eigenvalue weighted by Crippen LogP contribution is -2.12. The van der Waals surface area contributed by atoms with E-state index in [1.54, 1.807) is 7.11 Å². The molecular formula is C22H23ClN2O. The Hall–Kier alpha value is -2.52. The largest absolute Gasteiger partial charge is 0.496 e. The molecule has 0 saturated heterocycles. The van der Waals surface area contributed by atoms with Gasteiger partial charge in [0.2, 0.25) is 0 Å². The molecule has 0 bridgehead atoms. The van der Waals surface area contributed by atoms with E-state index in [0.29, 0.717) is 5.02 Å². The van der Waals surface area contributed by atoms with Crippen LogP contribution in [0.2, 0.25) is 5.02 Å². The molecule has 1 heterocycles. The molecule has 2 aromatic carbocycles. The lowest BCUT2D eigenvalue weighted by atomic mass is 9.94. The zero-order valence-electron chi connectivity index (χ0n) is 15.3. The fourth-order valence-corrected chi connectivity index (χ4v) is 3.32. The van der Waals surface area contributed by atoms with Gasteiger partial charge >= 0.3 is 0 Å². The van der Waals surface area contributed by atoms with Crippen LogP contribution in [0.5, 0.6) is 5.75 Å². The molecule has 4 heteroatoms. The van der Waals surface area contributed by atoms with Gasteiger partial charge in [-0.1, -0.05) is 36.2 Å². The minimum absolute atomic E-state index is 0.709. The van der Waals surface area contributed by atoms with Crippen LogP contribution in [0.15, 0.2) is 65.3 Å². The Kier molecular flexibility index (Phi) is 5.79. The molecule has 134 valence electrons.